The van der Waals surface area contributed by atoms with E-state index in [1.807, 2.05) is 36.4 Å². The van der Waals surface area contributed by atoms with E-state index in [9.17, 15) is 4.79 Å². The molecule has 0 radical (unpaired) electrons. The summed E-state index contributed by atoms with van der Waals surface area (Å²) in [6, 6.07) is 13.1. The zero-order chi connectivity index (χ0) is 13.5. The second kappa shape index (κ2) is 6.35. The number of carbonyl (C=O) groups excluding carboxylic acids is 1. The van der Waals surface area contributed by atoms with E-state index in [4.69, 9.17) is 4.74 Å². The minimum atomic E-state index is -0.530. The van der Waals surface area contributed by atoms with Crippen molar-refractivity contribution in [3.63, 3.8) is 0 Å². The third kappa shape index (κ3) is 3.96. The van der Waals surface area contributed by atoms with Crippen LogP contribution >= 0.6 is 0 Å². The fourth-order valence-electron chi connectivity index (χ4n) is 1.50. The van der Waals surface area contributed by atoms with Gasteiger partial charge in [0.1, 0.15) is 6.61 Å². The Hall–Kier alpha value is -2.62. The molecule has 1 aromatic carbocycles. The number of carbonyl (C=O) groups is 1. The lowest BCUT2D eigenvalue weighted by Crippen LogP contribution is -2.22. The Balaban J connectivity index is 1.83. The Bertz CT molecular complexity index is 553. The minimum absolute atomic E-state index is 0.229. The van der Waals surface area contributed by atoms with E-state index in [0.717, 1.165) is 11.1 Å². The number of rotatable bonds is 4. The lowest BCUT2D eigenvalue weighted by Gasteiger charge is -2.09. The SMILES string of the molecule is C=C(NC(=O)OCc1ccccc1)c1cccnc1. The highest BCUT2D eigenvalue weighted by Crippen LogP contribution is 2.07. The van der Waals surface area contributed by atoms with E-state index in [2.05, 4.69) is 16.9 Å². The predicted octanol–water partition coefficient (Wildman–Crippen LogP) is 2.98. The van der Waals surface area contributed by atoms with Gasteiger partial charge in [0, 0.05) is 23.7 Å². The summed E-state index contributed by atoms with van der Waals surface area (Å²) in [5, 5.41) is 2.57. The average molecular weight is 254 g/mol. The number of nitrogens with zero attached hydrogens (tertiary/aromatic N) is 1. The van der Waals surface area contributed by atoms with Gasteiger partial charge in [0.2, 0.25) is 0 Å². The molecule has 0 aliphatic rings. The molecule has 4 nitrogen and oxygen atoms in total. The quantitative estimate of drug-likeness (QED) is 0.912. The van der Waals surface area contributed by atoms with Gasteiger partial charge >= 0.3 is 6.09 Å². The van der Waals surface area contributed by atoms with Gasteiger partial charge in [-0.1, -0.05) is 36.9 Å². The molecule has 0 bridgehead atoms. The maximum Gasteiger partial charge on any atom is 0.411 e. The monoisotopic (exact) mass is 254 g/mol. The second-order valence-electron chi connectivity index (χ2n) is 3.91. The zero-order valence-electron chi connectivity index (χ0n) is 10.4. The zero-order valence-corrected chi connectivity index (χ0v) is 10.4. The summed E-state index contributed by atoms with van der Waals surface area (Å²) >= 11 is 0. The van der Waals surface area contributed by atoms with Gasteiger partial charge < -0.3 is 4.74 Å². The van der Waals surface area contributed by atoms with Crippen LogP contribution in [0.3, 0.4) is 0 Å². The first-order valence-corrected chi connectivity index (χ1v) is 5.83. The predicted molar refractivity (Wildman–Crippen MR) is 73.0 cm³/mol. The molecule has 0 aliphatic heterocycles. The molecule has 1 heterocycles. The van der Waals surface area contributed by atoms with Crippen molar-refractivity contribution in [2.45, 2.75) is 6.61 Å². The van der Waals surface area contributed by atoms with E-state index >= 15 is 0 Å². The average Bonchev–Trinajstić information content (AvgIpc) is 2.47. The lowest BCUT2D eigenvalue weighted by atomic mass is 10.2. The third-order valence-corrected chi connectivity index (χ3v) is 2.48. The highest BCUT2D eigenvalue weighted by atomic mass is 16.5. The Morgan fingerprint density at radius 2 is 2.00 bits per heavy atom. The van der Waals surface area contributed by atoms with E-state index in [-0.39, 0.29) is 6.61 Å². The van der Waals surface area contributed by atoms with Crippen molar-refractivity contribution >= 4 is 11.8 Å². The molecular weight excluding hydrogens is 240 g/mol. The van der Waals surface area contributed by atoms with Gasteiger partial charge in [-0.15, -0.1) is 0 Å². The van der Waals surface area contributed by atoms with Crippen LogP contribution in [0.15, 0.2) is 61.4 Å². The fraction of sp³-hybridized carbons (Fsp3) is 0.0667. The van der Waals surface area contributed by atoms with Crippen molar-refractivity contribution in [1.29, 1.82) is 0 Å². The number of hydrogen-bond donors (Lipinski definition) is 1. The molecule has 96 valence electrons. The first kappa shape index (κ1) is 12.8. The molecule has 1 N–H and O–H groups in total. The van der Waals surface area contributed by atoms with Crippen LogP contribution in [-0.2, 0) is 11.3 Å². The smallest absolute Gasteiger partial charge is 0.411 e. The Morgan fingerprint density at radius 1 is 1.21 bits per heavy atom. The number of ether oxygens (including phenoxy) is 1. The maximum atomic E-state index is 11.6. The van der Waals surface area contributed by atoms with Crippen LogP contribution in [0.4, 0.5) is 4.79 Å². The topological polar surface area (TPSA) is 51.2 Å². The molecule has 0 spiro atoms. The summed E-state index contributed by atoms with van der Waals surface area (Å²) in [6.45, 7) is 4.00. The van der Waals surface area contributed by atoms with Crippen LogP contribution in [0.2, 0.25) is 0 Å². The highest BCUT2D eigenvalue weighted by molar-refractivity contribution is 5.80. The number of benzene rings is 1. The molecule has 0 unspecified atom stereocenters. The first-order chi connectivity index (χ1) is 9.25. The van der Waals surface area contributed by atoms with Crippen LogP contribution in [0.1, 0.15) is 11.1 Å². The van der Waals surface area contributed by atoms with Gasteiger partial charge in [-0.05, 0) is 17.7 Å². The summed E-state index contributed by atoms with van der Waals surface area (Å²) in [7, 11) is 0. The van der Waals surface area contributed by atoms with E-state index < -0.39 is 6.09 Å². The molecule has 2 aromatic rings. The molecule has 0 aliphatic carbocycles. The largest absolute Gasteiger partial charge is 0.444 e. The number of hydrogen-bond acceptors (Lipinski definition) is 3. The summed E-state index contributed by atoms with van der Waals surface area (Å²) in [5.74, 6) is 0. The van der Waals surface area contributed by atoms with Crippen molar-refractivity contribution in [2.75, 3.05) is 0 Å². The lowest BCUT2D eigenvalue weighted by molar-refractivity contribution is 0.144. The van der Waals surface area contributed by atoms with E-state index in [0.29, 0.717) is 5.70 Å². The van der Waals surface area contributed by atoms with Crippen molar-refractivity contribution < 1.29 is 9.53 Å². The van der Waals surface area contributed by atoms with E-state index in [1.165, 1.54) is 0 Å². The summed E-state index contributed by atoms with van der Waals surface area (Å²) < 4.78 is 5.09. The van der Waals surface area contributed by atoms with Gasteiger partial charge in [0.25, 0.3) is 0 Å². The number of alkyl carbamates (subject to hydrolysis) is 1. The number of nitrogens with one attached hydrogen (secondary N) is 1. The Kier molecular flexibility index (Phi) is 4.29. The fourth-order valence-corrected chi connectivity index (χ4v) is 1.50. The Morgan fingerprint density at radius 3 is 2.68 bits per heavy atom. The molecule has 0 atom stereocenters. The molecule has 0 saturated carbocycles. The second-order valence-corrected chi connectivity index (χ2v) is 3.91. The molecule has 0 saturated heterocycles. The van der Waals surface area contributed by atoms with E-state index in [1.54, 1.807) is 18.5 Å². The van der Waals surface area contributed by atoms with Gasteiger partial charge in [0.05, 0.1) is 0 Å². The molecule has 19 heavy (non-hydrogen) atoms. The van der Waals surface area contributed by atoms with Gasteiger partial charge in [-0.25, -0.2) is 4.79 Å². The standard InChI is InChI=1S/C15H14N2O2/c1-12(14-8-5-9-16-10-14)17-15(18)19-11-13-6-3-2-4-7-13/h2-10H,1,11H2,(H,17,18). The van der Waals surface area contributed by atoms with Gasteiger partial charge in [-0.3, -0.25) is 10.3 Å². The summed E-state index contributed by atoms with van der Waals surface area (Å²) in [5.41, 5.74) is 2.15. The normalized spacial score (nSPS) is 9.68. The van der Waals surface area contributed by atoms with Crippen molar-refractivity contribution in [3.8, 4) is 0 Å². The van der Waals surface area contributed by atoms with Crippen molar-refractivity contribution in [2.24, 2.45) is 0 Å². The van der Waals surface area contributed by atoms with Gasteiger partial charge in [-0.2, -0.15) is 0 Å². The van der Waals surface area contributed by atoms with Crippen LogP contribution in [0, 0.1) is 0 Å². The molecule has 0 fully saturated rings. The van der Waals surface area contributed by atoms with Crippen LogP contribution < -0.4 is 5.32 Å². The highest BCUT2D eigenvalue weighted by Gasteiger charge is 2.06. The third-order valence-electron chi connectivity index (χ3n) is 2.48. The van der Waals surface area contributed by atoms with Crippen molar-refractivity contribution in [3.05, 3.63) is 72.6 Å². The van der Waals surface area contributed by atoms with Crippen molar-refractivity contribution in [1.82, 2.24) is 10.3 Å². The van der Waals surface area contributed by atoms with Gasteiger partial charge in [0.15, 0.2) is 0 Å². The number of amides is 1. The van der Waals surface area contributed by atoms with Crippen LogP contribution in [-0.4, -0.2) is 11.1 Å². The number of pyridine rings is 1. The number of aromatic nitrogens is 1. The molecule has 2 rings (SSSR count). The maximum absolute atomic E-state index is 11.6. The molecule has 1 amide bonds. The Labute approximate surface area is 111 Å². The molecule has 1 aromatic heterocycles. The van der Waals surface area contributed by atoms with Crippen LogP contribution in [0.5, 0.6) is 0 Å². The summed E-state index contributed by atoms with van der Waals surface area (Å²) in [6.07, 6.45) is 2.75. The summed E-state index contributed by atoms with van der Waals surface area (Å²) in [4.78, 5) is 15.5. The van der Waals surface area contributed by atoms with Crippen LogP contribution in [0.25, 0.3) is 5.70 Å². The molecule has 4 heteroatoms. The first-order valence-electron chi connectivity index (χ1n) is 5.83. The minimum Gasteiger partial charge on any atom is -0.444 e. The molecular formula is C15H14N2O2.